The van der Waals surface area contributed by atoms with Gasteiger partial charge in [-0.15, -0.1) is 0 Å². The molecule has 0 bridgehead atoms. The van der Waals surface area contributed by atoms with E-state index in [-0.39, 0.29) is 17.6 Å². The molecular formula is C19H25FN4O4S. The number of thiocarbonyl (C=S) groups is 1. The second kappa shape index (κ2) is 9.25. The van der Waals surface area contributed by atoms with Gasteiger partial charge in [-0.2, -0.15) is 0 Å². The van der Waals surface area contributed by atoms with Crippen molar-refractivity contribution in [1.29, 1.82) is 0 Å². The zero-order chi connectivity index (χ0) is 21.0. The lowest BCUT2D eigenvalue weighted by Crippen LogP contribution is -2.48. The maximum atomic E-state index is 14.8. The van der Waals surface area contributed by atoms with Crippen LogP contribution in [-0.4, -0.2) is 74.1 Å². The van der Waals surface area contributed by atoms with Crippen molar-refractivity contribution in [2.45, 2.75) is 20.0 Å². The van der Waals surface area contributed by atoms with Crippen LogP contribution in [0.15, 0.2) is 18.2 Å². The summed E-state index contributed by atoms with van der Waals surface area (Å²) in [4.78, 5) is 28.7. The fraction of sp³-hybridized carbons (Fsp3) is 0.526. The summed E-state index contributed by atoms with van der Waals surface area (Å²) < 4.78 is 25.2. The number of rotatable bonds is 5. The molecule has 3 rings (SSSR count). The number of ether oxygens (including phenoxy) is 2. The van der Waals surface area contributed by atoms with Crippen molar-refractivity contribution >= 4 is 40.8 Å². The monoisotopic (exact) mass is 424 g/mol. The molecule has 0 unspecified atom stereocenters. The number of carbonyl (C=O) groups excluding carboxylic acids is 2. The van der Waals surface area contributed by atoms with E-state index in [1.165, 1.54) is 17.9 Å². The number of amides is 2. The Morgan fingerprint density at radius 3 is 2.69 bits per heavy atom. The third kappa shape index (κ3) is 5.06. The number of piperazine rings is 1. The second-order valence-electron chi connectivity index (χ2n) is 6.85. The highest BCUT2D eigenvalue weighted by Crippen LogP contribution is 2.28. The van der Waals surface area contributed by atoms with Crippen LogP contribution in [0.3, 0.4) is 0 Å². The van der Waals surface area contributed by atoms with Crippen LogP contribution < -0.4 is 15.1 Å². The normalized spacial score (nSPS) is 19.2. The van der Waals surface area contributed by atoms with Crippen molar-refractivity contribution in [3.63, 3.8) is 0 Å². The zero-order valence-corrected chi connectivity index (χ0v) is 17.3. The van der Waals surface area contributed by atoms with Gasteiger partial charge in [0.1, 0.15) is 11.9 Å². The molecule has 1 N–H and O–H groups in total. The van der Waals surface area contributed by atoms with Gasteiger partial charge in [-0.3, -0.25) is 9.69 Å². The average Bonchev–Trinajstić information content (AvgIpc) is 3.07. The smallest absolute Gasteiger partial charge is 0.414 e. The zero-order valence-electron chi connectivity index (χ0n) is 16.5. The number of hydrogen-bond acceptors (Lipinski definition) is 6. The lowest BCUT2D eigenvalue weighted by Gasteiger charge is -2.35. The van der Waals surface area contributed by atoms with Crippen LogP contribution in [0.25, 0.3) is 0 Å². The Hall–Kier alpha value is -2.62. The number of anilines is 2. The fourth-order valence-electron chi connectivity index (χ4n) is 3.40. The van der Waals surface area contributed by atoms with Gasteiger partial charge >= 0.3 is 6.09 Å². The first-order valence-corrected chi connectivity index (χ1v) is 9.98. The molecule has 2 heterocycles. The van der Waals surface area contributed by atoms with Gasteiger partial charge in [-0.25, -0.2) is 9.18 Å². The molecule has 2 aliphatic rings. The molecular weight excluding hydrogens is 399 g/mol. The molecule has 1 aromatic rings. The number of halogens is 1. The number of hydrogen-bond donors (Lipinski definition) is 1. The Morgan fingerprint density at radius 1 is 1.34 bits per heavy atom. The fourth-order valence-corrected chi connectivity index (χ4v) is 3.60. The van der Waals surface area contributed by atoms with Gasteiger partial charge in [0.2, 0.25) is 5.91 Å². The molecule has 0 aromatic heterocycles. The molecule has 1 aromatic carbocycles. The molecule has 2 amide bonds. The number of cyclic esters (lactones) is 1. The van der Waals surface area contributed by atoms with E-state index in [1.807, 2.05) is 11.8 Å². The van der Waals surface area contributed by atoms with Crippen LogP contribution in [-0.2, 0) is 14.3 Å². The summed E-state index contributed by atoms with van der Waals surface area (Å²) in [5.41, 5.74) is 0.901. The molecule has 10 heteroatoms. The van der Waals surface area contributed by atoms with E-state index in [0.29, 0.717) is 50.7 Å². The van der Waals surface area contributed by atoms with Crippen LogP contribution in [0.5, 0.6) is 0 Å². The molecule has 0 spiro atoms. The Labute approximate surface area is 174 Å². The lowest BCUT2D eigenvalue weighted by molar-refractivity contribution is -0.129. The standard InChI is InChI=1S/C19H25FN4O4S/c1-3-27-18(29)21-11-15-12-24(19(26)28-15)14-4-5-17(16(20)10-14)23-8-6-22(7-9-23)13(2)25/h4-5,10,15H,3,6-9,11-12H2,1-2H3,(H,21,29)/t15-/m0/s1. The number of carbonyl (C=O) groups is 2. The van der Waals surface area contributed by atoms with Crippen molar-refractivity contribution in [3.05, 3.63) is 24.0 Å². The first kappa shape index (κ1) is 21.1. The van der Waals surface area contributed by atoms with Crippen LogP contribution in [0.2, 0.25) is 0 Å². The molecule has 29 heavy (non-hydrogen) atoms. The predicted octanol–water partition coefficient (Wildman–Crippen LogP) is 1.73. The van der Waals surface area contributed by atoms with E-state index in [9.17, 15) is 14.0 Å². The van der Waals surface area contributed by atoms with E-state index in [2.05, 4.69) is 5.32 Å². The molecule has 0 saturated carbocycles. The summed E-state index contributed by atoms with van der Waals surface area (Å²) in [7, 11) is 0. The van der Waals surface area contributed by atoms with Gasteiger partial charge < -0.3 is 24.6 Å². The average molecular weight is 424 g/mol. The largest absolute Gasteiger partial charge is 0.471 e. The minimum Gasteiger partial charge on any atom is -0.471 e. The number of benzene rings is 1. The molecule has 2 fully saturated rings. The van der Waals surface area contributed by atoms with Crippen molar-refractivity contribution < 1.29 is 23.5 Å². The summed E-state index contributed by atoms with van der Waals surface area (Å²) in [6.45, 7) is 6.68. The number of nitrogens with zero attached hydrogens (tertiary/aromatic N) is 3. The summed E-state index contributed by atoms with van der Waals surface area (Å²) in [5, 5.41) is 3.14. The quantitative estimate of drug-likeness (QED) is 0.722. The van der Waals surface area contributed by atoms with Crippen molar-refractivity contribution in [3.8, 4) is 0 Å². The van der Waals surface area contributed by atoms with E-state index in [0.717, 1.165) is 0 Å². The minimum absolute atomic E-state index is 0.0269. The lowest BCUT2D eigenvalue weighted by atomic mass is 10.2. The van der Waals surface area contributed by atoms with Crippen LogP contribution in [0, 0.1) is 5.82 Å². The maximum absolute atomic E-state index is 14.8. The van der Waals surface area contributed by atoms with Gasteiger partial charge in [0, 0.05) is 33.1 Å². The first-order chi connectivity index (χ1) is 13.9. The first-order valence-electron chi connectivity index (χ1n) is 9.57. The van der Waals surface area contributed by atoms with Crippen molar-refractivity contribution in [2.24, 2.45) is 0 Å². The third-order valence-electron chi connectivity index (χ3n) is 4.93. The van der Waals surface area contributed by atoms with Crippen molar-refractivity contribution in [1.82, 2.24) is 10.2 Å². The van der Waals surface area contributed by atoms with Gasteiger partial charge in [-0.1, -0.05) is 0 Å². The Kier molecular flexibility index (Phi) is 6.73. The Balaban J connectivity index is 1.60. The maximum Gasteiger partial charge on any atom is 0.414 e. The molecule has 0 radical (unpaired) electrons. The van der Waals surface area contributed by atoms with Crippen LogP contribution in [0.4, 0.5) is 20.6 Å². The topological polar surface area (TPSA) is 74.4 Å². The van der Waals surface area contributed by atoms with Crippen LogP contribution >= 0.6 is 12.2 Å². The minimum atomic E-state index is -0.527. The van der Waals surface area contributed by atoms with E-state index < -0.39 is 18.0 Å². The summed E-state index contributed by atoms with van der Waals surface area (Å²) in [5.74, 6) is -0.384. The van der Waals surface area contributed by atoms with Gasteiger partial charge in [0.25, 0.3) is 5.17 Å². The van der Waals surface area contributed by atoms with Gasteiger partial charge in [0.15, 0.2) is 0 Å². The summed E-state index contributed by atoms with van der Waals surface area (Å²) in [6.07, 6.45) is -0.940. The van der Waals surface area contributed by atoms with E-state index in [1.54, 1.807) is 17.0 Å². The highest BCUT2D eigenvalue weighted by molar-refractivity contribution is 7.80. The number of nitrogens with one attached hydrogen (secondary N) is 1. The SMILES string of the molecule is CCOC(=S)NC[C@H]1CN(c2ccc(N3CCN(C(C)=O)CC3)c(F)c2)C(=O)O1. The highest BCUT2D eigenvalue weighted by Gasteiger charge is 2.33. The van der Waals surface area contributed by atoms with Crippen molar-refractivity contribution in [2.75, 3.05) is 55.7 Å². The van der Waals surface area contributed by atoms with E-state index in [4.69, 9.17) is 21.7 Å². The van der Waals surface area contributed by atoms with Crippen LogP contribution in [0.1, 0.15) is 13.8 Å². The molecule has 0 aliphatic carbocycles. The molecule has 1 atom stereocenters. The predicted molar refractivity (Wildman–Crippen MR) is 111 cm³/mol. The summed E-state index contributed by atoms with van der Waals surface area (Å²) in [6, 6.07) is 4.71. The Bertz CT molecular complexity index is 785. The van der Waals surface area contributed by atoms with Gasteiger partial charge in [-0.05, 0) is 37.3 Å². The van der Waals surface area contributed by atoms with Gasteiger partial charge in [0.05, 0.1) is 31.1 Å². The molecule has 2 saturated heterocycles. The third-order valence-corrected chi connectivity index (χ3v) is 5.19. The second-order valence-corrected chi connectivity index (χ2v) is 7.22. The van der Waals surface area contributed by atoms with E-state index >= 15 is 0 Å². The Morgan fingerprint density at radius 2 is 2.07 bits per heavy atom. The molecule has 8 nitrogen and oxygen atoms in total. The highest BCUT2D eigenvalue weighted by atomic mass is 32.1. The summed E-state index contributed by atoms with van der Waals surface area (Å²) >= 11 is 4.99. The molecule has 158 valence electrons. The molecule has 2 aliphatic heterocycles.